The quantitative estimate of drug-likeness (QED) is 0.626. The van der Waals surface area contributed by atoms with Crippen molar-refractivity contribution in [1.29, 1.82) is 0 Å². The first-order chi connectivity index (χ1) is 13.1. The summed E-state index contributed by atoms with van der Waals surface area (Å²) in [6.45, 7) is 0.247. The van der Waals surface area contributed by atoms with Gasteiger partial charge in [-0.15, -0.1) is 11.3 Å². The molecule has 0 atom stereocenters. The Labute approximate surface area is 157 Å². The molecule has 0 spiro atoms. The summed E-state index contributed by atoms with van der Waals surface area (Å²) in [5.74, 6) is -1.14. The third kappa shape index (κ3) is 4.49. The monoisotopic (exact) mass is 388 g/mol. The number of amides is 3. The Kier molecular flexibility index (Phi) is 5.79. The van der Waals surface area contributed by atoms with E-state index in [-0.39, 0.29) is 24.5 Å². The van der Waals surface area contributed by atoms with Crippen LogP contribution in [-0.4, -0.2) is 47.6 Å². The molecule has 3 heterocycles. The number of anilines is 1. The minimum Gasteiger partial charge on any atom is -0.447 e. The van der Waals surface area contributed by atoms with Crippen LogP contribution < -0.4 is 10.6 Å². The number of nitrogens with one attached hydrogen (secondary N) is 2. The normalized spacial score (nSPS) is 10.6. The third-order valence-electron chi connectivity index (χ3n) is 3.47. The van der Waals surface area contributed by atoms with Crippen molar-refractivity contribution in [1.82, 2.24) is 14.7 Å². The molecule has 10 heteroatoms. The van der Waals surface area contributed by atoms with Crippen LogP contribution in [0.2, 0.25) is 0 Å². The van der Waals surface area contributed by atoms with Crippen LogP contribution in [-0.2, 0) is 9.47 Å². The first kappa shape index (κ1) is 18.5. The number of methoxy groups -OCH3 is 1. The molecule has 0 fully saturated rings. The summed E-state index contributed by atoms with van der Waals surface area (Å²) in [4.78, 5) is 40.5. The second-order valence-electron chi connectivity index (χ2n) is 5.29. The molecule has 0 unspecified atom stereocenters. The number of imide groups is 1. The minimum atomic E-state index is -0.888. The maximum Gasteiger partial charge on any atom is 0.414 e. The molecule has 140 valence electrons. The first-order valence-corrected chi connectivity index (χ1v) is 8.76. The largest absolute Gasteiger partial charge is 0.447 e. The van der Waals surface area contributed by atoms with Gasteiger partial charge in [-0.3, -0.25) is 14.9 Å². The zero-order valence-electron chi connectivity index (χ0n) is 14.3. The third-order valence-corrected chi connectivity index (χ3v) is 4.30. The van der Waals surface area contributed by atoms with Gasteiger partial charge in [0.05, 0.1) is 12.2 Å². The fourth-order valence-corrected chi connectivity index (χ4v) is 2.99. The summed E-state index contributed by atoms with van der Waals surface area (Å²) in [6.07, 6.45) is 2.48. The van der Waals surface area contributed by atoms with Gasteiger partial charge in [0.1, 0.15) is 22.9 Å². The molecule has 3 aromatic heterocycles. The number of rotatable bonds is 6. The summed E-state index contributed by atoms with van der Waals surface area (Å²) in [5, 5.41) is 6.68. The van der Waals surface area contributed by atoms with Gasteiger partial charge in [-0.25, -0.2) is 9.78 Å². The molecule has 0 aliphatic rings. The minimum absolute atomic E-state index is 0.0245. The standard InChI is InChI=1S/C17H16N4O5S/c1-25-7-8-26-17(24)20-14(22)11-5-9-27-16(11)19-15(23)12-10-21-6-3-2-4-13(21)18-12/h2-6,9-10H,7-8H2,1H3,(H,19,23)(H,20,22,24). The van der Waals surface area contributed by atoms with E-state index in [2.05, 4.69) is 15.6 Å². The summed E-state index contributed by atoms with van der Waals surface area (Å²) in [5.41, 5.74) is 0.992. The van der Waals surface area contributed by atoms with Crippen molar-refractivity contribution in [3.05, 3.63) is 53.3 Å². The predicted octanol–water partition coefficient (Wildman–Crippen LogP) is 2.16. The molecule has 0 aliphatic heterocycles. The van der Waals surface area contributed by atoms with E-state index >= 15 is 0 Å². The molecule has 27 heavy (non-hydrogen) atoms. The molecule has 0 aromatic carbocycles. The van der Waals surface area contributed by atoms with Crippen molar-refractivity contribution >= 4 is 39.9 Å². The average Bonchev–Trinajstić information content (AvgIpc) is 3.28. The van der Waals surface area contributed by atoms with E-state index in [9.17, 15) is 14.4 Å². The van der Waals surface area contributed by atoms with E-state index in [1.54, 1.807) is 28.2 Å². The van der Waals surface area contributed by atoms with E-state index in [0.717, 1.165) is 11.3 Å². The van der Waals surface area contributed by atoms with Gasteiger partial charge in [-0.1, -0.05) is 6.07 Å². The van der Waals surface area contributed by atoms with Gasteiger partial charge >= 0.3 is 6.09 Å². The average molecular weight is 388 g/mol. The van der Waals surface area contributed by atoms with Gasteiger partial charge in [-0.2, -0.15) is 0 Å². The summed E-state index contributed by atoms with van der Waals surface area (Å²) < 4.78 is 11.3. The Morgan fingerprint density at radius 1 is 1.19 bits per heavy atom. The van der Waals surface area contributed by atoms with Gasteiger partial charge in [0, 0.05) is 19.5 Å². The predicted molar refractivity (Wildman–Crippen MR) is 98.2 cm³/mol. The van der Waals surface area contributed by atoms with E-state index in [4.69, 9.17) is 9.47 Å². The number of alkyl carbamates (subject to hydrolysis) is 1. The lowest BCUT2D eigenvalue weighted by molar-refractivity contribution is 0.0845. The highest BCUT2D eigenvalue weighted by Crippen LogP contribution is 2.24. The van der Waals surface area contributed by atoms with Gasteiger partial charge in [0.2, 0.25) is 0 Å². The maximum atomic E-state index is 12.4. The van der Waals surface area contributed by atoms with Crippen molar-refractivity contribution in [2.24, 2.45) is 0 Å². The number of ether oxygens (including phenoxy) is 2. The van der Waals surface area contributed by atoms with E-state index in [1.165, 1.54) is 13.2 Å². The van der Waals surface area contributed by atoms with Gasteiger partial charge in [-0.05, 0) is 23.6 Å². The van der Waals surface area contributed by atoms with Crippen molar-refractivity contribution in [3.8, 4) is 0 Å². The molecule has 0 radical (unpaired) electrons. The molecule has 0 bridgehead atoms. The summed E-state index contributed by atoms with van der Waals surface area (Å²) >= 11 is 1.16. The van der Waals surface area contributed by atoms with Gasteiger partial charge in [0.15, 0.2) is 0 Å². The fourth-order valence-electron chi connectivity index (χ4n) is 2.21. The highest BCUT2D eigenvalue weighted by molar-refractivity contribution is 7.14. The summed E-state index contributed by atoms with van der Waals surface area (Å²) in [6, 6.07) is 6.92. The van der Waals surface area contributed by atoms with Crippen LogP contribution in [0.5, 0.6) is 0 Å². The molecule has 0 aliphatic carbocycles. The lowest BCUT2D eigenvalue weighted by Crippen LogP contribution is -2.32. The van der Waals surface area contributed by atoms with Crippen LogP contribution in [0.15, 0.2) is 42.0 Å². The maximum absolute atomic E-state index is 12.4. The molecule has 3 aromatic rings. The highest BCUT2D eigenvalue weighted by Gasteiger charge is 2.19. The molecule has 2 N–H and O–H groups in total. The zero-order chi connectivity index (χ0) is 19.2. The number of thiophene rings is 1. The molecule has 9 nitrogen and oxygen atoms in total. The lowest BCUT2D eigenvalue weighted by Gasteiger charge is -2.07. The Balaban J connectivity index is 1.66. The molecule has 0 saturated carbocycles. The smallest absolute Gasteiger partial charge is 0.414 e. The number of carbonyl (C=O) groups excluding carboxylic acids is 3. The second-order valence-corrected chi connectivity index (χ2v) is 6.21. The number of pyridine rings is 1. The van der Waals surface area contributed by atoms with Crippen LogP contribution in [0.1, 0.15) is 20.8 Å². The van der Waals surface area contributed by atoms with E-state index in [1.807, 2.05) is 12.1 Å². The number of nitrogens with zero attached hydrogens (tertiary/aromatic N) is 2. The Bertz CT molecular complexity index is 948. The topological polar surface area (TPSA) is 111 Å². The van der Waals surface area contributed by atoms with Crippen molar-refractivity contribution in [2.45, 2.75) is 0 Å². The molecule has 3 rings (SSSR count). The van der Waals surface area contributed by atoms with Crippen molar-refractivity contribution in [3.63, 3.8) is 0 Å². The van der Waals surface area contributed by atoms with Crippen LogP contribution >= 0.6 is 11.3 Å². The Hall–Kier alpha value is -3.24. The number of hydrogen-bond acceptors (Lipinski definition) is 7. The van der Waals surface area contributed by atoms with Crippen LogP contribution in [0, 0.1) is 0 Å². The van der Waals surface area contributed by atoms with Crippen LogP contribution in [0.25, 0.3) is 5.65 Å². The number of carbonyl (C=O) groups is 3. The van der Waals surface area contributed by atoms with Crippen molar-refractivity contribution < 1.29 is 23.9 Å². The summed E-state index contributed by atoms with van der Waals surface area (Å²) in [7, 11) is 1.47. The number of fused-ring (bicyclic) bond motifs is 1. The Morgan fingerprint density at radius 2 is 2.04 bits per heavy atom. The van der Waals surface area contributed by atoms with Crippen LogP contribution in [0.3, 0.4) is 0 Å². The van der Waals surface area contributed by atoms with Gasteiger partial charge < -0.3 is 19.2 Å². The lowest BCUT2D eigenvalue weighted by atomic mass is 10.3. The van der Waals surface area contributed by atoms with E-state index < -0.39 is 17.9 Å². The fraction of sp³-hybridized carbons (Fsp3) is 0.176. The molecular formula is C17H16N4O5S. The second kappa shape index (κ2) is 8.43. The Morgan fingerprint density at radius 3 is 2.81 bits per heavy atom. The molecule has 3 amide bonds. The van der Waals surface area contributed by atoms with E-state index in [0.29, 0.717) is 10.6 Å². The van der Waals surface area contributed by atoms with Gasteiger partial charge in [0.25, 0.3) is 11.8 Å². The SMILES string of the molecule is COCCOC(=O)NC(=O)c1ccsc1NC(=O)c1cn2ccccc2n1. The molecular weight excluding hydrogens is 372 g/mol. The zero-order valence-corrected chi connectivity index (χ0v) is 15.1. The van der Waals surface area contributed by atoms with Crippen LogP contribution in [0.4, 0.5) is 9.80 Å². The first-order valence-electron chi connectivity index (χ1n) is 7.88. The van der Waals surface area contributed by atoms with Crippen molar-refractivity contribution in [2.75, 3.05) is 25.6 Å². The number of hydrogen-bond donors (Lipinski definition) is 2. The highest BCUT2D eigenvalue weighted by atomic mass is 32.1. The molecule has 0 saturated heterocycles. The number of imidazole rings is 1. The number of aromatic nitrogens is 2.